The van der Waals surface area contributed by atoms with E-state index in [0.29, 0.717) is 11.7 Å². The third-order valence-electron chi connectivity index (χ3n) is 2.93. The normalized spacial score (nSPS) is 19.4. The number of hydrogen-bond donors (Lipinski definition) is 2. The molecule has 0 unspecified atom stereocenters. The molecule has 1 aromatic carbocycles. The monoisotopic (exact) mass is 235 g/mol. The second-order valence-electron chi connectivity index (χ2n) is 4.27. The molecule has 1 aromatic rings. The average Bonchev–Trinajstić information content (AvgIpc) is 2.83. The molecule has 0 bridgehead atoms. The first kappa shape index (κ1) is 12.1. The molecule has 0 amide bonds. The SMILES string of the molecule is O=C(O)c1ccc(CNC[C@H]2CCCO2)cc1. The number of benzene rings is 1. The number of aromatic carboxylic acids is 1. The Balaban J connectivity index is 1.76. The largest absolute Gasteiger partial charge is 0.478 e. The fraction of sp³-hybridized carbons (Fsp3) is 0.462. The van der Waals surface area contributed by atoms with E-state index in [4.69, 9.17) is 9.84 Å². The van der Waals surface area contributed by atoms with Gasteiger partial charge in [0.25, 0.3) is 0 Å². The fourth-order valence-electron chi connectivity index (χ4n) is 1.95. The van der Waals surface area contributed by atoms with Crippen LogP contribution in [0, 0.1) is 0 Å². The van der Waals surface area contributed by atoms with Crippen molar-refractivity contribution in [1.29, 1.82) is 0 Å². The standard InChI is InChI=1S/C13H17NO3/c15-13(16)11-5-3-10(4-6-11)8-14-9-12-2-1-7-17-12/h3-6,12,14H,1-2,7-9H2,(H,15,16)/t12-/m1/s1. The van der Waals surface area contributed by atoms with Crippen molar-refractivity contribution in [2.24, 2.45) is 0 Å². The molecule has 0 aromatic heterocycles. The Morgan fingerprint density at radius 2 is 2.18 bits per heavy atom. The van der Waals surface area contributed by atoms with E-state index < -0.39 is 5.97 Å². The maximum absolute atomic E-state index is 10.7. The van der Waals surface area contributed by atoms with Gasteiger partial charge >= 0.3 is 5.97 Å². The number of hydrogen-bond acceptors (Lipinski definition) is 3. The molecule has 1 aliphatic heterocycles. The Morgan fingerprint density at radius 1 is 1.41 bits per heavy atom. The van der Waals surface area contributed by atoms with Crippen LogP contribution in [0.25, 0.3) is 0 Å². The molecule has 17 heavy (non-hydrogen) atoms. The van der Waals surface area contributed by atoms with Crippen LogP contribution in [0.3, 0.4) is 0 Å². The van der Waals surface area contributed by atoms with Gasteiger partial charge in [0.15, 0.2) is 0 Å². The zero-order valence-corrected chi connectivity index (χ0v) is 9.69. The van der Waals surface area contributed by atoms with Gasteiger partial charge in [0, 0.05) is 19.7 Å². The van der Waals surface area contributed by atoms with E-state index >= 15 is 0 Å². The zero-order valence-electron chi connectivity index (χ0n) is 9.69. The summed E-state index contributed by atoms with van der Waals surface area (Å²) in [4.78, 5) is 10.7. The van der Waals surface area contributed by atoms with Gasteiger partial charge < -0.3 is 15.2 Å². The molecule has 1 saturated heterocycles. The second kappa shape index (κ2) is 5.80. The quantitative estimate of drug-likeness (QED) is 0.814. The molecule has 1 aliphatic rings. The van der Waals surface area contributed by atoms with Crippen LogP contribution in [-0.4, -0.2) is 30.3 Å². The Hall–Kier alpha value is -1.39. The molecule has 2 N–H and O–H groups in total. The third kappa shape index (κ3) is 3.54. The van der Waals surface area contributed by atoms with Gasteiger partial charge in [0.05, 0.1) is 11.7 Å². The zero-order chi connectivity index (χ0) is 12.1. The van der Waals surface area contributed by atoms with Crippen LogP contribution in [-0.2, 0) is 11.3 Å². The van der Waals surface area contributed by atoms with Gasteiger partial charge in [0.2, 0.25) is 0 Å². The smallest absolute Gasteiger partial charge is 0.335 e. The van der Waals surface area contributed by atoms with Crippen LogP contribution in [0.2, 0.25) is 0 Å². The summed E-state index contributed by atoms with van der Waals surface area (Å²) in [5, 5.41) is 12.1. The van der Waals surface area contributed by atoms with Crippen LogP contribution in [0.1, 0.15) is 28.8 Å². The van der Waals surface area contributed by atoms with Crippen molar-refractivity contribution >= 4 is 5.97 Å². The highest BCUT2D eigenvalue weighted by Gasteiger charge is 2.14. The van der Waals surface area contributed by atoms with Gasteiger partial charge in [-0.2, -0.15) is 0 Å². The molecule has 0 aliphatic carbocycles. The van der Waals surface area contributed by atoms with Crippen molar-refractivity contribution in [3.63, 3.8) is 0 Å². The third-order valence-corrected chi connectivity index (χ3v) is 2.93. The van der Waals surface area contributed by atoms with Gasteiger partial charge in [-0.1, -0.05) is 12.1 Å². The molecule has 0 radical (unpaired) electrons. The highest BCUT2D eigenvalue weighted by Crippen LogP contribution is 2.11. The first-order valence-electron chi connectivity index (χ1n) is 5.90. The summed E-state index contributed by atoms with van der Waals surface area (Å²) < 4.78 is 5.50. The lowest BCUT2D eigenvalue weighted by Crippen LogP contribution is -2.25. The first-order chi connectivity index (χ1) is 8.25. The second-order valence-corrected chi connectivity index (χ2v) is 4.27. The molecule has 1 atom stereocenters. The Labute approximate surface area is 101 Å². The summed E-state index contributed by atoms with van der Waals surface area (Å²) in [5.41, 5.74) is 1.42. The Morgan fingerprint density at radius 3 is 2.76 bits per heavy atom. The minimum atomic E-state index is -0.885. The van der Waals surface area contributed by atoms with E-state index in [2.05, 4.69) is 5.32 Å². The molecule has 2 rings (SSSR count). The van der Waals surface area contributed by atoms with E-state index in [-0.39, 0.29) is 0 Å². The Kier molecular flexibility index (Phi) is 4.12. The van der Waals surface area contributed by atoms with E-state index in [1.54, 1.807) is 12.1 Å². The summed E-state index contributed by atoms with van der Waals surface area (Å²) in [5.74, 6) is -0.885. The van der Waals surface area contributed by atoms with Gasteiger partial charge in [0.1, 0.15) is 0 Å². The molecular formula is C13H17NO3. The minimum Gasteiger partial charge on any atom is -0.478 e. The van der Waals surface area contributed by atoms with Crippen LogP contribution < -0.4 is 5.32 Å². The predicted octanol–water partition coefficient (Wildman–Crippen LogP) is 1.65. The molecule has 1 fully saturated rings. The minimum absolute atomic E-state index is 0.327. The summed E-state index contributed by atoms with van der Waals surface area (Å²) in [6.07, 6.45) is 2.62. The Bertz CT molecular complexity index is 369. The van der Waals surface area contributed by atoms with Crippen LogP contribution in [0.5, 0.6) is 0 Å². The number of rotatable bonds is 5. The van der Waals surface area contributed by atoms with Crippen molar-refractivity contribution in [2.45, 2.75) is 25.5 Å². The molecule has 0 spiro atoms. The number of carbonyl (C=O) groups is 1. The lowest BCUT2D eigenvalue weighted by atomic mass is 10.1. The highest BCUT2D eigenvalue weighted by atomic mass is 16.5. The summed E-state index contributed by atoms with van der Waals surface area (Å²) >= 11 is 0. The molecular weight excluding hydrogens is 218 g/mol. The van der Waals surface area contributed by atoms with Crippen molar-refractivity contribution in [3.8, 4) is 0 Å². The topological polar surface area (TPSA) is 58.6 Å². The molecule has 4 nitrogen and oxygen atoms in total. The van der Waals surface area contributed by atoms with Crippen LogP contribution >= 0.6 is 0 Å². The fourth-order valence-corrected chi connectivity index (χ4v) is 1.95. The van der Waals surface area contributed by atoms with E-state index in [1.807, 2.05) is 12.1 Å². The van der Waals surface area contributed by atoms with E-state index in [9.17, 15) is 4.79 Å². The maximum atomic E-state index is 10.7. The molecule has 1 heterocycles. The predicted molar refractivity (Wildman–Crippen MR) is 64.1 cm³/mol. The van der Waals surface area contributed by atoms with Crippen molar-refractivity contribution in [1.82, 2.24) is 5.32 Å². The molecule has 92 valence electrons. The van der Waals surface area contributed by atoms with Crippen molar-refractivity contribution in [3.05, 3.63) is 35.4 Å². The highest BCUT2D eigenvalue weighted by molar-refractivity contribution is 5.87. The van der Waals surface area contributed by atoms with Crippen LogP contribution in [0.15, 0.2) is 24.3 Å². The molecule has 4 heteroatoms. The molecule has 0 saturated carbocycles. The number of carboxylic acids is 1. The van der Waals surface area contributed by atoms with Crippen LogP contribution in [0.4, 0.5) is 0 Å². The summed E-state index contributed by atoms with van der Waals surface area (Å²) in [6, 6.07) is 6.94. The summed E-state index contributed by atoms with van der Waals surface area (Å²) in [7, 11) is 0. The lowest BCUT2D eigenvalue weighted by molar-refractivity contribution is 0.0697. The van der Waals surface area contributed by atoms with E-state index in [0.717, 1.165) is 38.1 Å². The number of ether oxygens (including phenoxy) is 1. The first-order valence-corrected chi connectivity index (χ1v) is 5.90. The van der Waals surface area contributed by atoms with Gasteiger partial charge in [-0.3, -0.25) is 0 Å². The van der Waals surface area contributed by atoms with Gasteiger partial charge in [-0.15, -0.1) is 0 Å². The lowest BCUT2D eigenvalue weighted by Gasteiger charge is -2.10. The number of nitrogens with one attached hydrogen (secondary N) is 1. The van der Waals surface area contributed by atoms with Gasteiger partial charge in [-0.25, -0.2) is 4.79 Å². The van der Waals surface area contributed by atoms with Crippen molar-refractivity contribution < 1.29 is 14.6 Å². The van der Waals surface area contributed by atoms with Gasteiger partial charge in [-0.05, 0) is 30.5 Å². The van der Waals surface area contributed by atoms with E-state index in [1.165, 1.54) is 0 Å². The van der Waals surface area contributed by atoms with Crippen molar-refractivity contribution in [2.75, 3.05) is 13.2 Å². The number of carboxylic acid groups (broad SMARTS) is 1. The maximum Gasteiger partial charge on any atom is 0.335 e. The summed E-state index contributed by atoms with van der Waals surface area (Å²) in [6.45, 7) is 2.49. The average molecular weight is 235 g/mol.